The largest absolute Gasteiger partial charge is 0.461 e. The molecule has 1 amide bonds. The summed E-state index contributed by atoms with van der Waals surface area (Å²) in [6, 6.07) is 5.18. The SMILES string of the molecule is O=C(c1cc(-c2ccco2)on1)N1CCCCC1. The number of rotatable bonds is 2. The summed E-state index contributed by atoms with van der Waals surface area (Å²) < 4.78 is 10.3. The van der Waals surface area contributed by atoms with Crippen LogP contribution < -0.4 is 0 Å². The van der Waals surface area contributed by atoms with Gasteiger partial charge in [-0.3, -0.25) is 4.79 Å². The van der Waals surface area contributed by atoms with Gasteiger partial charge in [0, 0.05) is 19.2 Å². The molecule has 0 N–H and O–H groups in total. The fourth-order valence-corrected chi connectivity index (χ4v) is 2.17. The summed E-state index contributed by atoms with van der Waals surface area (Å²) in [6.45, 7) is 1.61. The minimum Gasteiger partial charge on any atom is -0.461 e. The summed E-state index contributed by atoms with van der Waals surface area (Å²) in [5, 5.41) is 3.82. The van der Waals surface area contributed by atoms with Crippen molar-refractivity contribution in [3.8, 4) is 11.5 Å². The third kappa shape index (κ3) is 2.03. The lowest BCUT2D eigenvalue weighted by Crippen LogP contribution is -2.35. The standard InChI is InChI=1S/C13H14N2O3/c16-13(15-6-2-1-3-7-15)10-9-12(18-14-10)11-5-4-8-17-11/h4-5,8-9H,1-3,6-7H2. The molecule has 0 spiro atoms. The van der Waals surface area contributed by atoms with Crippen molar-refractivity contribution >= 4 is 5.91 Å². The van der Waals surface area contributed by atoms with Crippen LogP contribution in [0.5, 0.6) is 0 Å². The van der Waals surface area contributed by atoms with Crippen LogP contribution in [0.4, 0.5) is 0 Å². The van der Waals surface area contributed by atoms with Crippen LogP contribution in [0.3, 0.4) is 0 Å². The summed E-state index contributed by atoms with van der Waals surface area (Å²) in [7, 11) is 0. The lowest BCUT2D eigenvalue weighted by Gasteiger charge is -2.25. The molecule has 1 fully saturated rings. The molecule has 2 aromatic rings. The van der Waals surface area contributed by atoms with Crippen LogP contribution in [-0.4, -0.2) is 29.1 Å². The van der Waals surface area contributed by atoms with Crippen LogP contribution in [0.1, 0.15) is 29.8 Å². The quantitative estimate of drug-likeness (QED) is 0.817. The number of piperidine rings is 1. The van der Waals surface area contributed by atoms with Gasteiger partial charge in [-0.15, -0.1) is 0 Å². The Bertz CT molecular complexity index is 524. The van der Waals surface area contributed by atoms with Crippen LogP contribution in [0.2, 0.25) is 0 Å². The highest BCUT2D eigenvalue weighted by molar-refractivity contribution is 5.93. The van der Waals surface area contributed by atoms with Gasteiger partial charge in [0.2, 0.25) is 5.76 Å². The minimum absolute atomic E-state index is 0.0590. The third-order valence-electron chi connectivity index (χ3n) is 3.14. The first-order valence-corrected chi connectivity index (χ1v) is 6.14. The maximum absolute atomic E-state index is 12.2. The fraction of sp³-hybridized carbons (Fsp3) is 0.385. The molecular formula is C13H14N2O3. The number of hydrogen-bond donors (Lipinski definition) is 0. The molecule has 3 heterocycles. The van der Waals surface area contributed by atoms with E-state index in [1.165, 1.54) is 6.42 Å². The van der Waals surface area contributed by atoms with Crippen molar-refractivity contribution in [2.45, 2.75) is 19.3 Å². The Labute approximate surface area is 104 Å². The average molecular weight is 246 g/mol. The number of likely N-dealkylation sites (tertiary alicyclic amines) is 1. The number of amides is 1. The van der Waals surface area contributed by atoms with Crippen molar-refractivity contribution in [1.29, 1.82) is 0 Å². The molecule has 0 bridgehead atoms. The topological polar surface area (TPSA) is 59.5 Å². The van der Waals surface area contributed by atoms with Gasteiger partial charge in [-0.1, -0.05) is 5.16 Å². The molecule has 0 aliphatic carbocycles. The second kappa shape index (κ2) is 4.68. The zero-order valence-electron chi connectivity index (χ0n) is 9.96. The molecule has 5 nitrogen and oxygen atoms in total. The van der Waals surface area contributed by atoms with E-state index in [1.807, 2.05) is 4.90 Å². The summed E-state index contributed by atoms with van der Waals surface area (Å²) in [5.74, 6) is 1.01. The Morgan fingerprint density at radius 3 is 2.78 bits per heavy atom. The number of hydrogen-bond acceptors (Lipinski definition) is 4. The van der Waals surface area contributed by atoms with E-state index < -0.39 is 0 Å². The Kier molecular flexibility index (Phi) is 2.88. The van der Waals surface area contributed by atoms with E-state index in [-0.39, 0.29) is 5.91 Å². The molecule has 0 aromatic carbocycles. The zero-order valence-corrected chi connectivity index (χ0v) is 9.96. The smallest absolute Gasteiger partial charge is 0.276 e. The van der Waals surface area contributed by atoms with E-state index in [0.29, 0.717) is 17.2 Å². The Hall–Kier alpha value is -2.04. The molecule has 3 rings (SSSR count). The van der Waals surface area contributed by atoms with Crippen molar-refractivity contribution in [2.24, 2.45) is 0 Å². The Morgan fingerprint density at radius 2 is 2.06 bits per heavy atom. The van der Waals surface area contributed by atoms with Gasteiger partial charge in [-0.25, -0.2) is 0 Å². The van der Waals surface area contributed by atoms with Gasteiger partial charge in [-0.05, 0) is 31.4 Å². The van der Waals surface area contributed by atoms with E-state index in [1.54, 1.807) is 24.5 Å². The molecule has 1 aliphatic rings. The van der Waals surface area contributed by atoms with Gasteiger partial charge in [0.05, 0.1) is 6.26 Å². The molecule has 5 heteroatoms. The average Bonchev–Trinajstić information content (AvgIpc) is 3.09. The zero-order chi connectivity index (χ0) is 12.4. The van der Waals surface area contributed by atoms with Crippen molar-refractivity contribution in [3.05, 3.63) is 30.2 Å². The monoisotopic (exact) mass is 246 g/mol. The van der Waals surface area contributed by atoms with E-state index in [2.05, 4.69) is 5.16 Å². The van der Waals surface area contributed by atoms with Crippen molar-refractivity contribution in [2.75, 3.05) is 13.1 Å². The highest BCUT2D eigenvalue weighted by atomic mass is 16.5. The molecule has 94 valence electrons. The summed E-state index contributed by atoms with van der Waals surface area (Å²) in [5.41, 5.74) is 0.350. The van der Waals surface area contributed by atoms with Gasteiger partial charge in [0.25, 0.3) is 5.91 Å². The maximum Gasteiger partial charge on any atom is 0.276 e. The van der Waals surface area contributed by atoms with Crippen LogP contribution in [0.25, 0.3) is 11.5 Å². The first-order chi connectivity index (χ1) is 8.84. The summed E-state index contributed by atoms with van der Waals surface area (Å²) in [4.78, 5) is 14.0. The molecule has 0 atom stereocenters. The van der Waals surface area contributed by atoms with Crippen molar-refractivity contribution in [1.82, 2.24) is 10.1 Å². The highest BCUT2D eigenvalue weighted by Gasteiger charge is 2.22. The summed E-state index contributed by atoms with van der Waals surface area (Å²) >= 11 is 0. The van der Waals surface area contributed by atoms with Gasteiger partial charge >= 0.3 is 0 Å². The van der Waals surface area contributed by atoms with E-state index in [9.17, 15) is 4.79 Å². The second-order valence-corrected chi connectivity index (χ2v) is 4.41. The van der Waals surface area contributed by atoms with Crippen LogP contribution >= 0.6 is 0 Å². The predicted molar refractivity (Wildman–Crippen MR) is 64.0 cm³/mol. The van der Waals surface area contributed by atoms with Gasteiger partial charge < -0.3 is 13.8 Å². The highest BCUT2D eigenvalue weighted by Crippen LogP contribution is 2.21. The summed E-state index contributed by atoms with van der Waals surface area (Å²) in [6.07, 6.45) is 4.88. The molecule has 1 aliphatic heterocycles. The van der Waals surface area contributed by atoms with E-state index in [4.69, 9.17) is 8.94 Å². The van der Waals surface area contributed by atoms with Crippen molar-refractivity contribution < 1.29 is 13.7 Å². The van der Waals surface area contributed by atoms with Gasteiger partial charge in [-0.2, -0.15) is 0 Å². The van der Waals surface area contributed by atoms with Crippen LogP contribution in [0.15, 0.2) is 33.4 Å². The second-order valence-electron chi connectivity index (χ2n) is 4.41. The van der Waals surface area contributed by atoms with E-state index >= 15 is 0 Å². The number of carbonyl (C=O) groups excluding carboxylic acids is 1. The Balaban J connectivity index is 1.78. The molecule has 0 saturated carbocycles. The van der Waals surface area contributed by atoms with E-state index in [0.717, 1.165) is 25.9 Å². The number of aromatic nitrogens is 1. The molecule has 1 saturated heterocycles. The normalized spacial score (nSPS) is 15.9. The minimum atomic E-state index is -0.0590. The molecule has 0 unspecified atom stereocenters. The number of furan rings is 1. The van der Waals surface area contributed by atoms with Crippen molar-refractivity contribution in [3.63, 3.8) is 0 Å². The predicted octanol–water partition coefficient (Wildman–Crippen LogP) is 2.56. The van der Waals surface area contributed by atoms with Crippen LogP contribution in [0, 0.1) is 0 Å². The molecule has 0 radical (unpaired) electrons. The van der Waals surface area contributed by atoms with Crippen LogP contribution in [-0.2, 0) is 0 Å². The fourth-order valence-electron chi connectivity index (χ4n) is 2.17. The first-order valence-electron chi connectivity index (χ1n) is 6.14. The lowest BCUT2D eigenvalue weighted by molar-refractivity contribution is 0.0714. The molecule has 18 heavy (non-hydrogen) atoms. The number of carbonyl (C=O) groups is 1. The third-order valence-corrected chi connectivity index (χ3v) is 3.14. The number of nitrogens with zero attached hydrogens (tertiary/aromatic N) is 2. The first kappa shape index (κ1) is 11.1. The lowest BCUT2D eigenvalue weighted by atomic mass is 10.1. The molecular weight excluding hydrogens is 232 g/mol. The Morgan fingerprint density at radius 1 is 1.22 bits per heavy atom. The van der Waals surface area contributed by atoms with Gasteiger partial charge in [0.1, 0.15) is 0 Å². The van der Waals surface area contributed by atoms with Gasteiger partial charge in [0.15, 0.2) is 11.5 Å². The maximum atomic E-state index is 12.2. The molecule has 2 aromatic heterocycles.